The number of imidazole rings is 1. The number of alkyl halides is 1. The van der Waals surface area contributed by atoms with E-state index in [1.807, 2.05) is 54.9 Å². The third-order valence-electron chi connectivity index (χ3n) is 3.25. The molecule has 1 heterocycles. The molecule has 0 spiro atoms. The van der Waals surface area contributed by atoms with Gasteiger partial charge in [0.05, 0.1) is 32.1 Å². The van der Waals surface area contributed by atoms with Crippen LogP contribution in [0.4, 0.5) is 4.39 Å². The molecule has 0 saturated carbocycles. The number of aromatic nitrogens is 2. The standard InChI is InChI=1S/C15H19ClFIN2O/c1-5-21-15(3,4)8-20-13-6-10(17)11(18)7-12(13)19-14(20)9(2)16/h6-7,9H,5,8H2,1-4H3. The molecule has 1 atom stereocenters. The summed E-state index contributed by atoms with van der Waals surface area (Å²) in [5.41, 5.74) is 1.14. The van der Waals surface area contributed by atoms with E-state index in [0.717, 1.165) is 16.9 Å². The molecule has 0 bridgehead atoms. The van der Waals surface area contributed by atoms with Crippen molar-refractivity contribution in [3.05, 3.63) is 27.3 Å². The lowest BCUT2D eigenvalue weighted by atomic mass is 10.1. The van der Waals surface area contributed by atoms with Crippen molar-refractivity contribution in [2.75, 3.05) is 6.61 Å². The zero-order chi connectivity index (χ0) is 15.8. The maximum atomic E-state index is 13.9. The third kappa shape index (κ3) is 3.68. The van der Waals surface area contributed by atoms with Gasteiger partial charge >= 0.3 is 0 Å². The van der Waals surface area contributed by atoms with Gasteiger partial charge in [-0.3, -0.25) is 0 Å². The quantitative estimate of drug-likeness (QED) is 0.504. The van der Waals surface area contributed by atoms with Crippen molar-refractivity contribution >= 4 is 45.2 Å². The lowest BCUT2D eigenvalue weighted by Crippen LogP contribution is -2.31. The fraction of sp³-hybridized carbons (Fsp3) is 0.533. The highest BCUT2D eigenvalue weighted by molar-refractivity contribution is 14.1. The Hall–Kier alpha value is -0.400. The van der Waals surface area contributed by atoms with Crippen LogP contribution in [0.5, 0.6) is 0 Å². The lowest BCUT2D eigenvalue weighted by molar-refractivity contribution is -0.0221. The Bertz CT molecular complexity index is 655. The van der Waals surface area contributed by atoms with Gasteiger partial charge in [0, 0.05) is 12.7 Å². The van der Waals surface area contributed by atoms with Gasteiger partial charge in [-0.25, -0.2) is 9.37 Å². The first-order valence-corrected chi connectivity index (χ1v) is 8.40. The van der Waals surface area contributed by atoms with E-state index in [1.165, 1.54) is 6.07 Å². The molecule has 0 aliphatic carbocycles. The third-order valence-corrected chi connectivity index (χ3v) is 4.27. The van der Waals surface area contributed by atoms with Crippen molar-refractivity contribution in [1.29, 1.82) is 0 Å². The zero-order valence-electron chi connectivity index (χ0n) is 12.6. The van der Waals surface area contributed by atoms with Gasteiger partial charge in [0.25, 0.3) is 0 Å². The van der Waals surface area contributed by atoms with Crippen LogP contribution < -0.4 is 0 Å². The van der Waals surface area contributed by atoms with Crippen molar-refractivity contribution in [2.45, 2.75) is 45.2 Å². The molecule has 0 aliphatic rings. The molecule has 0 saturated heterocycles. The van der Waals surface area contributed by atoms with Crippen molar-refractivity contribution in [3.63, 3.8) is 0 Å². The lowest BCUT2D eigenvalue weighted by Gasteiger charge is -2.26. The molecule has 0 N–H and O–H groups in total. The van der Waals surface area contributed by atoms with Crippen LogP contribution in [0.3, 0.4) is 0 Å². The number of fused-ring (bicyclic) bond motifs is 1. The number of hydrogen-bond donors (Lipinski definition) is 0. The average Bonchev–Trinajstić information content (AvgIpc) is 2.68. The summed E-state index contributed by atoms with van der Waals surface area (Å²) < 4.78 is 22.2. The van der Waals surface area contributed by atoms with Crippen LogP contribution in [0.25, 0.3) is 11.0 Å². The molecule has 116 valence electrons. The van der Waals surface area contributed by atoms with Gasteiger partial charge in [-0.15, -0.1) is 11.6 Å². The fourth-order valence-corrected chi connectivity index (χ4v) is 3.04. The highest BCUT2D eigenvalue weighted by atomic mass is 127. The van der Waals surface area contributed by atoms with Crippen LogP contribution >= 0.6 is 34.2 Å². The Balaban J connectivity index is 2.58. The topological polar surface area (TPSA) is 27.1 Å². The molecule has 1 aromatic carbocycles. The molecule has 0 aliphatic heterocycles. The normalized spacial score (nSPS) is 13.9. The van der Waals surface area contributed by atoms with Crippen LogP contribution in [0.1, 0.15) is 38.9 Å². The molecule has 1 unspecified atom stereocenters. The van der Waals surface area contributed by atoms with E-state index in [2.05, 4.69) is 4.98 Å². The second-order valence-electron chi connectivity index (χ2n) is 5.62. The minimum absolute atomic E-state index is 0.243. The largest absolute Gasteiger partial charge is 0.374 e. The summed E-state index contributed by atoms with van der Waals surface area (Å²) in [7, 11) is 0. The SMILES string of the molecule is CCOC(C)(C)Cn1c(C(C)Cl)nc2cc(I)c(F)cc21. The number of benzene rings is 1. The van der Waals surface area contributed by atoms with Gasteiger partial charge in [-0.1, -0.05) is 0 Å². The van der Waals surface area contributed by atoms with Gasteiger partial charge < -0.3 is 9.30 Å². The molecule has 6 heteroatoms. The first kappa shape index (κ1) is 17.0. The van der Waals surface area contributed by atoms with E-state index in [9.17, 15) is 4.39 Å². The molecule has 0 radical (unpaired) electrons. The van der Waals surface area contributed by atoms with Crippen molar-refractivity contribution in [1.82, 2.24) is 9.55 Å². The summed E-state index contributed by atoms with van der Waals surface area (Å²) in [6, 6.07) is 3.27. The number of nitrogens with zero attached hydrogens (tertiary/aromatic N) is 2. The molecule has 0 fully saturated rings. The van der Waals surface area contributed by atoms with Crippen molar-refractivity contribution < 1.29 is 9.13 Å². The number of hydrogen-bond acceptors (Lipinski definition) is 2. The zero-order valence-corrected chi connectivity index (χ0v) is 15.5. The van der Waals surface area contributed by atoms with E-state index < -0.39 is 0 Å². The van der Waals surface area contributed by atoms with E-state index in [0.29, 0.717) is 16.7 Å². The van der Waals surface area contributed by atoms with Crippen molar-refractivity contribution in [2.24, 2.45) is 0 Å². The number of ether oxygens (including phenoxy) is 1. The molecule has 3 nitrogen and oxygen atoms in total. The molecule has 2 rings (SSSR count). The predicted octanol–water partition coefficient (Wildman–Crippen LogP) is 4.89. The smallest absolute Gasteiger partial charge is 0.138 e. The summed E-state index contributed by atoms with van der Waals surface area (Å²) in [6.07, 6.45) is 0. The Morgan fingerprint density at radius 2 is 2.14 bits per heavy atom. The average molecular weight is 425 g/mol. The van der Waals surface area contributed by atoms with Gasteiger partial charge in [0.2, 0.25) is 0 Å². The summed E-state index contributed by atoms with van der Waals surface area (Å²) in [4.78, 5) is 4.56. The molecule has 1 aromatic heterocycles. The van der Waals surface area contributed by atoms with Gasteiger partial charge in [0.1, 0.15) is 11.6 Å². The van der Waals surface area contributed by atoms with E-state index in [1.54, 1.807) is 6.07 Å². The monoisotopic (exact) mass is 424 g/mol. The Morgan fingerprint density at radius 1 is 1.48 bits per heavy atom. The van der Waals surface area contributed by atoms with Crippen LogP contribution in [0.15, 0.2) is 12.1 Å². The van der Waals surface area contributed by atoms with Gasteiger partial charge in [-0.2, -0.15) is 0 Å². The molecule has 2 aromatic rings. The van der Waals surface area contributed by atoms with E-state index >= 15 is 0 Å². The van der Waals surface area contributed by atoms with Crippen LogP contribution in [0, 0.1) is 9.39 Å². The maximum Gasteiger partial charge on any atom is 0.138 e. The summed E-state index contributed by atoms with van der Waals surface area (Å²) in [5, 5.41) is -0.254. The maximum absolute atomic E-state index is 13.9. The summed E-state index contributed by atoms with van der Waals surface area (Å²) >= 11 is 8.22. The Labute approximate surface area is 143 Å². The van der Waals surface area contributed by atoms with E-state index in [4.69, 9.17) is 16.3 Å². The van der Waals surface area contributed by atoms with Crippen LogP contribution in [-0.4, -0.2) is 21.8 Å². The van der Waals surface area contributed by atoms with Crippen LogP contribution in [-0.2, 0) is 11.3 Å². The second kappa shape index (κ2) is 6.38. The first-order chi connectivity index (χ1) is 9.75. The van der Waals surface area contributed by atoms with Gasteiger partial charge in [-0.05, 0) is 56.4 Å². The summed E-state index contributed by atoms with van der Waals surface area (Å²) in [6.45, 7) is 9.04. The van der Waals surface area contributed by atoms with E-state index in [-0.39, 0.29) is 16.8 Å². The second-order valence-corrected chi connectivity index (χ2v) is 7.44. The molecule has 0 amide bonds. The highest BCUT2D eigenvalue weighted by Gasteiger charge is 2.24. The summed E-state index contributed by atoms with van der Waals surface area (Å²) in [5.74, 6) is 0.494. The van der Waals surface area contributed by atoms with Gasteiger partial charge in [0.15, 0.2) is 0 Å². The van der Waals surface area contributed by atoms with Crippen molar-refractivity contribution in [3.8, 4) is 0 Å². The minimum atomic E-state index is -0.373. The number of rotatable bonds is 5. The van der Waals surface area contributed by atoms with Crippen LogP contribution in [0.2, 0.25) is 0 Å². The first-order valence-electron chi connectivity index (χ1n) is 6.88. The number of halogens is 3. The molecular weight excluding hydrogens is 406 g/mol. The Morgan fingerprint density at radius 3 is 2.71 bits per heavy atom. The minimum Gasteiger partial charge on any atom is -0.374 e. The highest BCUT2D eigenvalue weighted by Crippen LogP contribution is 2.29. The predicted molar refractivity (Wildman–Crippen MR) is 92.4 cm³/mol. The Kier molecular flexibility index (Phi) is 5.15. The molecule has 21 heavy (non-hydrogen) atoms. The molecular formula is C15H19ClFIN2O. The fourth-order valence-electron chi connectivity index (χ4n) is 2.43.